The number of aromatic nitrogens is 2. The fraction of sp³-hybridized carbons (Fsp3) is 0.0909. The first-order valence-corrected chi connectivity index (χ1v) is 5.19. The molecule has 1 heterocycles. The maximum absolute atomic E-state index is 13.9. The molecule has 0 aliphatic heterocycles. The molecule has 0 saturated heterocycles. The summed E-state index contributed by atoms with van der Waals surface area (Å²) >= 11 is 0. The van der Waals surface area contributed by atoms with Crippen molar-refractivity contribution in [3.8, 4) is 11.4 Å². The van der Waals surface area contributed by atoms with Gasteiger partial charge in [-0.15, -0.1) is 0 Å². The zero-order chi connectivity index (χ0) is 14.0. The molecule has 0 aliphatic carbocycles. The zero-order valence-electron chi connectivity index (χ0n) is 9.51. The van der Waals surface area contributed by atoms with Gasteiger partial charge in [0.1, 0.15) is 5.82 Å². The number of nitrogens with two attached hydrogens (primary N) is 1. The third kappa shape index (κ3) is 2.38. The molecule has 0 amide bonds. The second kappa shape index (κ2) is 5.02. The third-order valence-corrected chi connectivity index (χ3v) is 2.41. The number of benzene rings is 1. The number of rotatable bonds is 3. The van der Waals surface area contributed by atoms with E-state index in [1.807, 2.05) is 0 Å². The van der Waals surface area contributed by atoms with Crippen molar-refractivity contribution in [2.24, 2.45) is 5.73 Å². The van der Waals surface area contributed by atoms with Crippen molar-refractivity contribution >= 4 is 5.69 Å². The van der Waals surface area contributed by atoms with Crippen molar-refractivity contribution in [3.05, 3.63) is 51.8 Å². The minimum Gasteiger partial charge on any atom is -0.325 e. The van der Waals surface area contributed by atoms with Crippen LogP contribution in [0.15, 0.2) is 24.4 Å². The van der Waals surface area contributed by atoms with Crippen molar-refractivity contribution < 1.29 is 13.7 Å². The molecule has 0 aliphatic rings. The third-order valence-electron chi connectivity index (χ3n) is 2.41. The lowest BCUT2D eigenvalue weighted by Crippen LogP contribution is -2.04. The van der Waals surface area contributed by atoms with E-state index in [2.05, 4.69) is 9.97 Å². The van der Waals surface area contributed by atoms with E-state index in [0.717, 1.165) is 12.1 Å². The second-order valence-electron chi connectivity index (χ2n) is 3.59. The molecule has 0 saturated carbocycles. The summed E-state index contributed by atoms with van der Waals surface area (Å²) in [5.41, 5.74) is 4.27. The molecule has 8 heteroatoms. The van der Waals surface area contributed by atoms with Gasteiger partial charge in [0, 0.05) is 18.8 Å². The van der Waals surface area contributed by atoms with Gasteiger partial charge in [-0.25, -0.2) is 14.4 Å². The summed E-state index contributed by atoms with van der Waals surface area (Å²) in [4.78, 5) is 17.2. The highest BCUT2D eigenvalue weighted by Gasteiger charge is 2.24. The fourth-order valence-electron chi connectivity index (χ4n) is 1.52. The average molecular weight is 266 g/mol. The minimum absolute atomic E-state index is 0.0632. The van der Waals surface area contributed by atoms with E-state index in [1.54, 1.807) is 0 Å². The highest BCUT2D eigenvalue weighted by Crippen LogP contribution is 2.29. The highest BCUT2D eigenvalue weighted by molar-refractivity contribution is 5.61. The lowest BCUT2D eigenvalue weighted by Gasteiger charge is -2.05. The van der Waals surface area contributed by atoms with E-state index in [-0.39, 0.29) is 12.4 Å². The van der Waals surface area contributed by atoms with Gasteiger partial charge in [0.05, 0.1) is 16.2 Å². The summed E-state index contributed by atoms with van der Waals surface area (Å²) in [5, 5.41) is 10.6. The molecule has 0 radical (unpaired) electrons. The molecule has 98 valence electrons. The lowest BCUT2D eigenvalue weighted by atomic mass is 10.1. The monoisotopic (exact) mass is 266 g/mol. The Morgan fingerprint density at radius 1 is 1.32 bits per heavy atom. The number of nitro benzene ring substituents is 1. The van der Waals surface area contributed by atoms with Crippen LogP contribution >= 0.6 is 0 Å². The maximum Gasteiger partial charge on any atom is 0.305 e. The molecular weight excluding hydrogens is 258 g/mol. The van der Waals surface area contributed by atoms with E-state index in [0.29, 0.717) is 5.69 Å². The number of hydrogen-bond donors (Lipinski definition) is 1. The smallest absolute Gasteiger partial charge is 0.305 e. The van der Waals surface area contributed by atoms with E-state index in [1.165, 1.54) is 12.3 Å². The Morgan fingerprint density at radius 2 is 2.05 bits per heavy atom. The van der Waals surface area contributed by atoms with E-state index in [9.17, 15) is 18.9 Å². The summed E-state index contributed by atoms with van der Waals surface area (Å²) in [5.74, 6) is -2.56. The Hall–Kier alpha value is -2.48. The fourth-order valence-corrected chi connectivity index (χ4v) is 1.52. The maximum atomic E-state index is 13.9. The van der Waals surface area contributed by atoms with Crippen LogP contribution < -0.4 is 5.73 Å². The molecule has 2 N–H and O–H groups in total. The van der Waals surface area contributed by atoms with Gasteiger partial charge in [-0.3, -0.25) is 10.1 Å². The van der Waals surface area contributed by atoms with Gasteiger partial charge in [0.15, 0.2) is 5.82 Å². The molecule has 19 heavy (non-hydrogen) atoms. The molecule has 0 fully saturated rings. The molecular formula is C11H8F2N4O2. The first kappa shape index (κ1) is 13.0. The molecule has 0 unspecified atom stereocenters. The van der Waals surface area contributed by atoms with Crippen molar-refractivity contribution in [3.63, 3.8) is 0 Å². The number of halogens is 2. The topological polar surface area (TPSA) is 94.9 Å². The van der Waals surface area contributed by atoms with Gasteiger partial charge in [0.25, 0.3) is 0 Å². The summed E-state index contributed by atoms with van der Waals surface area (Å²) < 4.78 is 27.6. The van der Waals surface area contributed by atoms with Crippen LogP contribution in [-0.4, -0.2) is 14.9 Å². The molecule has 0 atom stereocenters. The van der Waals surface area contributed by atoms with E-state index >= 15 is 0 Å². The van der Waals surface area contributed by atoms with Gasteiger partial charge in [-0.1, -0.05) is 0 Å². The first-order valence-electron chi connectivity index (χ1n) is 5.19. The van der Waals surface area contributed by atoms with Crippen molar-refractivity contribution in [2.75, 3.05) is 0 Å². The normalized spacial score (nSPS) is 10.5. The lowest BCUT2D eigenvalue weighted by molar-refractivity contribution is -0.387. The standard InChI is InChI=1S/C11H8F2N4O2/c12-7-1-2-8(17(18)19)10(13)9(7)11-15-4-3-6(5-14)16-11/h1-4H,5,14H2. The van der Waals surface area contributed by atoms with Gasteiger partial charge in [-0.2, -0.15) is 4.39 Å². The molecule has 2 aromatic rings. The molecule has 0 spiro atoms. The number of nitro groups is 1. The van der Waals surface area contributed by atoms with E-state index < -0.39 is 27.8 Å². The molecule has 6 nitrogen and oxygen atoms in total. The van der Waals surface area contributed by atoms with Crippen LogP contribution in [0.2, 0.25) is 0 Å². The van der Waals surface area contributed by atoms with Gasteiger partial charge in [0.2, 0.25) is 5.82 Å². The van der Waals surface area contributed by atoms with Crippen LogP contribution in [0.3, 0.4) is 0 Å². The Balaban J connectivity index is 2.66. The van der Waals surface area contributed by atoms with Crippen LogP contribution in [0.4, 0.5) is 14.5 Å². The van der Waals surface area contributed by atoms with Crippen molar-refractivity contribution in [2.45, 2.75) is 6.54 Å². The van der Waals surface area contributed by atoms with Crippen LogP contribution in [0.1, 0.15) is 5.69 Å². The van der Waals surface area contributed by atoms with Crippen LogP contribution in [0.5, 0.6) is 0 Å². The second-order valence-corrected chi connectivity index (χ2v) is 3.59. The minimum atomic E-state index is -1.31. The van der Waals surface area contributed by atoms with Crippen LogP contribution in [0, 0.1) is 21.7 Å². The number of nitrogens with zero attached hydrogens (tertiary/aromatic N) is 3. The summed E-state index contributed by atoms with van der Waals surface area (Å²) in [6.45, 7) is 0.0632. The predicted molar refractivity (Wildman–Crippen MR) is 61.9 cm³/mol. The Kier molecular flexibility index (Phi) is 3.43. The average Bonchev–Trinajstić information content (AvgIpc) is 2.38. The summed E-state index contributed by atoms with van der Waals surface area (Å²) in [6.07, 6.45) is 1.28. The molecule has 0 bridgehead atoms. The SMILES string of the molecule is NCc1ccnc(-c2c(F)ccc([N+](=O)[O-])c2F)n1. The number of hydrogen-bond acceptors (Lipinski definition) is 5. The van der Waals surface area contributed by atoms with Crippen molar-refractivity contribution in [1.82, 2.24) is 9.97 Å². The molecule has 1 aromatic carbocycles. The highest BCUT2D eigenvalue weighted by atomic mass is 19.1. The van der Waals surface area contributed by atoms with E-state index in [4.69, 9.17) is 5.73 Å². The zero-order valence-corrected chi connectivity index (χ0v) is 9.51. The Bertz CT molecular complexity index is 649. The first-order chi connectivity index (χ1) is 9.04. The van der Waals surface area contributed by atoms with Crippen LogP contribution in [0.25, 0.3) is 11.4 Å². The molecule has 2 rings (SSSR count). The molecule has 1 aromatic heterocycles. The largest absolute Gasteiger partial charge is 0.325 e. The van der Waals surface area contributed by atoms with Gasteiger partial charge >= 0.3 is 5.69 Å². The van der Waals surface area contributed by atoms with Crippen LogP contribution in [-0.2, 0) is 6.54 Å². The quantitative estimate of drug-likeness (QED) is 0.675. The van der Waals surface area contributed by atoms with Gasteiger partial charge in [-0.05, 0) is 12.1 Å². The van der Waals surface area contributed by atoms with Crippen molar-refractivity contribution in [1.29, 1.82) is 0 Å². The summed E-state index contributed by atoms with van der Waals surface area (Å²) in [6, 6.07) is 3.03. The summed E-state index contributed by atoms with van der Waals surface area (Å²) in [7, 11) is 0. The Labute approximate surface area is 106 Å². The van der Waals surface area contributed by atoms with Gasteiger partial charge < -0.3 is 5.73 Å². The Morgan fingerprint density at radius 3 is 2.68 bits per heavy atom. The predicted octanol–water partition coefficient (Wildman–Crippen LogP) is 1.79.